The number of rotatable bonds is 4. The number of nitrogens with one attached hydrogen (secondary N) is 1. The zero-order valence-corrected chi connectivity index (χ0v) is 12.0. The Morgan fingerprint density at radius 1 is 1.37 bits per heavy atom. The Morgan fingerprint density at radius 2 is 2.00 bits per heavy atom. The average molecular weight is 284 g/mol. The van der Waals surface area contributed by atoms with Crippen molar-refractivity contribution >= 4 is 15.7 Å². The van der Waals surface area contributed by atoms with Crippen LogP contribution in [0, 0.1) is 19.8 Å². The number of nitrogens with two attached hydrogens (primary N) is 1. The van der Waals surface area contributed by atoms with Gasteiger partial charge in [-0.1, -0.05) is 6.07 Å². The van der Waals surface area contributed by atoms with Crippen LogP contribution in [0.5, 0.6) is 0 Å². The maximum atomic E-state index is 12.3. The van der Waals surface area contributed by atoms with Gasteiger partial charge in [-0.25, -0.2) is 13.1 Å². The fourth-order valence-electron chi connectivity index (χ4n) is 2.33. The second-order valence-electron chi connectivity index (χ2n) is 5.27. The molecule has 106 valence electrons. The molecule has 0 unspecified atom stereocenters. The first-order valence-electron chi connectivity index (χ1n) is 6.34. The summed E-state index contributed by atoms with van der Waals surface area (Å²) < 4.78 is 27.2. The summed E-state index contributed by atoms with van der Waals surface area (Å²) in [5, 5.41) is 9.19. The summed E-state index contributed by atoms with van der Waals surface area (Å²) in [6, 6.07) is 3.43. The molecule has 0 saturated heterocycles. The molecule has 0 aliphatic heterocycles. The molecule has 0 radical (unpaired) electrons. The van der Waals surface area contributed by atoms with Gasteiger partial charge in [-0.2, -0.15) is 0 Å². The van der Waals surface area contributed by atoms with Crippen molar-refractivity contribution < 1.29 is 13.5 Å². The van der Waals surface area contributed by atoms with E-state index < -0.39 is 10.0 Å². The maximum Gasteiger partial charge on any atom is 0.242 e. The first kappa shape index (κ1) is 14.3. The van der Waals surface area contributed by atoms with Crippen molar-refractivity contribution in [3.8, 4) is 0 Å². The monoisotopic (exact) mass is 284 g/mol. The highest BCUT2D eigenvalue weighted by Gasteiger charge is 2.29. The molecule has 0 spiro atoms. The second-order valence-corrected chi connectivity index (χ2v) is 6.97. The van der Waals surface area contributed by atoms with Gasteiger partial charge in [-0.05, 0) is 49.8 Å². The third-order valence-electron chi connectivity index (χ3n) is 3.75. The van der Waals surface area contributed by atoms with E-state index in [-0.39, 0.29) is 22.6 Å². The molecule has 1 fully saturated rings. The third kappa shape index (κ3) is 2.91. The normalized spacial score (nSPS) is 23.1. The van der Waals surface area contributed by atoms with E-state index in [4.69, 9.17) is 5.73 Å². The molecule has 4 N–H and O–H groups in total. The third-order valence-corrected chi connectivity index (χ3v) is 5.37. The van der Waals surface area contributed by atoms with Crippen molar-refractivity contribution in [3.63, 3.8) is 0 Å². The fourth-order valence-corrected chi connectivity index (χ4v) is 3.88. The smallest absolute Gasteiger partial charge is 0.242 e. The van der Waals surface area contributed by atoms with Crippen LogP contribution in [0.4, 0.5) is 5.69 Å². The zero-order valence-electron chi connectivity index (χ0n) is 11.2. The highest BCUT2D eigenvalue weighted by molar-refractivity contribution is 7.89. The standard InChI is InChI=1S/C13H20N2O3S/c1-8-3-4-12(14)13(9(8)2)19(17,18)15-7-10-5-11(16)6-10/h3-4,10-11,15-16H,5-7,14H2,1-2H3. The largest absolute Gasteiger partial charge is 0.398 e. The molecule has 0 bridgehead atoms. The highest BCUT2D eigenvalue weighted by Crippen LogP contribution is 2.28. The lowest BCUT2D eigenvalue weighted by Crippen LogP contribution is -2.38. The molecular formula is C13H20N2O3S. The molecular weight excluding hydrogens is 264 g/mol. The van der Waals surface area contributed by atoms with Crippen LogP contribution >= 0.6 is 0 Å². The number of sulfonamides is 1. The molecule has 0 heterocycles. The number of hydrogen-bond acceptors (Lipinski definition) is 4. The Morgan fingerprint density at radius 3 is 2.58 bits per heavy atom. The Bertz CT molecular complexity index is 578. The molecule has 0 amide bonds. The first-order valence-corrected chi connectivity index (χ1v) is 7.83. The van der Waals surface area contributed by atoms with E-state index in [0.717, 1.165) is 5.56 Å². The average Bonchev–Trinajstić information content (AvgIpc) is 2.28. The lowest BCUT2D eigenvalue weighted by Gasteiger charge is -2.31. The molecule has 1 aliphatic carbocycles. The molecule has 19 heavy (non-hydrogen) atoms. The minimum Gasteiger partial charge on any atom is -0.398 e. The van der Waals surface area contributed by atoms with Crippen molar-refractivity contribution in [2.24, 2.45) is 5.92 Å². The summed E-state index contributed by atoms with van der Waals surface area (Å²) in [6.45, 7) is 3.97. The highest BCUT2D eigenvalue weighted by atomic mass is 32.2. The minimum atomic E-state index is -3.59. The van der Waals surface area contributed by atoms with Crippen LogP contribution < -0.4 is 10.5 Å². The molecule has 1 aromatic carbocycles. The summed E-state index contributed by atoms with van der Waals surface area (Å²) in [7, 11) is -3.59. The van der Waals surface area contributed by atoms with Gasteiger partial charge in [-0.3, -0.25) is 0 Å². The van der Waals surface area contributed by atoms with Gasteiger partial charge in [0.25, 0.3) is 0 Å². The van der Waals surface area contributed by atoms with E-state index in [9.17, 15) is 13.5 Å². The van der Waals surface area contributed by atoms with Crippen LogP contribution in [0.15, 0.2) is 17.0 Å². The first-order chi connectivity index (χ1) is 8.81. The van der Waals surface area contributed by atoms with Crippen molar-refractivity contribution in [1.82, 2.24) is 4.72 Å². The molecule has 1 aliphatic rings. The Kier molecular flexibility index (Phi) is 3.85. The van der Waals surface area contributed by atoms with E-state index in [1.807, 2.05) is 13.0 Å². The van der Waals surface area contributed by atoms with Crippen molar-refractivity contribution in [2.75, 3.05) is 12.3 Å². The Balaban J connectivity index is 2.17. The van der Waals surface area contributed by atoms with Gasteiger partial charge in [0.15, 0.2) is 0 Å². The van der Waals surface area contributed by atoms with E-state index >= 15 is 0 Å². The second kappa shape index (κ2) is 5.11. The topological polar surface area (TPSA) is 92.4 Å². The lowest BCUT2D eigenvalue weighted by atomic mass is 9.83. The Hall–Kier alpha value is -1.11. The fraction of sp³-hybridized carbons (Fsp3) is 0.538. The van der Waals surface area contributed by atoms with Gasteiger partial charge >= 0.3 is 0 Å². The predicted octanol–water partition coefficient (Wildman–Crippen LogP) is 0.935. The minimum absolute atomic E-state index is 0.173. The number of anilines is 1. The summed E-state index contributed by atoms with van der Waals surface area (Å²) >= 11 is 0. The molecule has 1 aromatic rings. The maximum absolute atomic E-state index is 12.3. The van der Waals surface area contributed by atoms with Crippen molar-refractivity contribution in [2.45, 2.75) is 37.7 Å². The molecule has 2 rings (SSSR count). The summed E-state index contributed by atoms with van der Waals surface area (Å²) in [6.07, 6.45) is 1.04. The number of hydrogen-bond donors (Lipinski definition) is 3. The summed E-state index contributed by atoms with van der Waals surface area (Å²) in [5.74, 6) is 0.219. The SMILES string of the molecule is Cc1ccc(N)c(S(=O)(=O)NCC2CC(O)C2)c1C. The van der Waals surface area contributed by atoms with Crippen LogP contribution in [-0.4, -0.2) is 26.2 Å². The van der Waals surface area contributed by atoms with E-state index in [0.29, 0.717) is 24.9 Å². The van der Waals surface area contributed by atoms with E-state index in [1.54, 1.807) is 13.0 Å². The Labute approximate surface area is 113 Å². The van der Waals surface area contributed by atoms with Gasteiger partial charge in [0.1, 0.15) is 4.90 Å². The molecule has 5 nitrogen and oxygen atoms in total. The van der Waals surface area contributed by atoms with Crippen molar-refractivity contribution in [1.29, 1.82) is 0 Å². The van der Waals surface area contributed by atoms with Crippen LogP contribution in [-0.2, 0) is 10.0 Å². The van der Waals surface area contributed by atoms with Crippen LogP contribution in [0.25, 0.3) is 0 Å². The zero-order chi connectivity index (χ0) is 14.2. The van der Waals surface area contributed by atoms with E-state index in [1.165, 1.54) is 0 Å². The number of aryl methyl sites for hydroxylation is 1. The quantitative estimate of drug-likeness (QED) is 0.717. The molecule has 6 heteroatoms. The molecule has 0 aromatic heterocycles. The molecule has 0 atom stereocenters. The van der Waals surface area contributed by atoms with Crippen LogP contribution in [0.2, 0.25) is 0 Å². The number of benzene rings is 1. The number of nitrogen functional groups attached to an aromatic ring is 1. The van der Waals surface area contributed by atoms with Gasteiger partial charge in [0.2, 0.25) is 10.0 Å². The van der Waals surface area contributed by atoms with Gasteiger partial charge in [0, 0.05) is 6.54 Å². The summed E-state index contributed by atoms with van der Waals surface area (Å²) in [4.78, 5) is 0.173. The van der Waals surface area contributed by atoms with Crippen molar-refractivity contribution in [3.05, 3.63) is 23.3 Å². The van der Waals surface area contributed by atoms with E-state index in [2.05, 4.69) is 4.72 Å². The van der Waals surface area contributed by atoms with Gasteiger partial charge < -0.3 is 10.8 Å². The van der Waals surface area contributed by atoms with Crippen LogP contribution in [0.3, 0.4) is 0 Å². The summed E-state index contributed by atoms with van der Waals surface area (Å²) in [5.41, 5.74) is 7.64. The number of aliphatic hydroxyl groups is 1. The van der Waals surface area contributed by atoms with Gasteiger partial charge in [-0.15, -0.1) is 0 Å². The number of aliphatic hydroxyl groups excluding tert-OH is 1. The van der Waals surface area contributed by atoms with Gasteiger partial charge in [0.05, 0.1) is 11.8 Å². The van der Waals surface area contributed by atoms with Crippen LogP contribution in [0.1, 0.15) is 24.0 Å². The lowest BCUT2D eigenvalue weighted by molar-refractivity contribution is 0.0453. The predicted molar refractivity (Wildman–Crippen MR) is 74.2 cm³/mol. The molecule has 1 saturated carbocycles.